The molecule has 0 fully saturated rings. The molecule has 1 nitrogen and oxygen atoms in total. The lowest BCUT2D eigenvalue weighted by Crippen LogP contribution is -1.94. The van der Waals surface area contributed by atoms with Crippen LogP contribution in [0.4, 0.5) is 0 Å². The van der Waals surface area contributed by atoms with Gasteiger partial charge in [-0.25, -0.2) is 0 Å². The number of alkyl halides is 1. The minimum atomic E-state index is 1.06. The molecular formula is C10H14BrN. The van der Waals surface area contributed by atoms with Crippen molar-refractivity contribution in [2.45, 2.75) is 26.7 Å². The van der Waals surface area contributed by atoms with Crippen molar-refractivity contribution in [3.63, 3.8) is 0 Å². The molecule has 0 amide bonds. The fourth-order valence-corrected chi connectivity index (χ4v) is 1.35. The first kappa shape index (κ1) is 9.72. The molecule has 0 aliphatic carbocycles. The predicted molar refractivity (Wildman–Crippen MR) is 55.8 cm³/mol. The van der Waals surface area contributed by atoms with Gasteiger partial charge < -0.3 is 0 Å². The van der Waals surface area contributed by atoms with Crippen LogP contribution in [-0.2, 0) is 6.42 Å². The van der Waals surface area contributed by atoms with Crippen LogP contribution >= 0.6 is 15.9 Å². The summed E-state index contributed by atoms with van der Waals surface area (Å²) in [6.07, 6.45) is 2.24. The standard InChI is InChI=1S/C10H14BrN/c1-8-5-6-10(4-3-7-11)12-9(8)2/h5-6H,3-4,7H2,1-2H3. The Bertz CT molecular complexity index is 258. The van der Waals surface area contributed by atoms with E-state index in [2.05, 4.69) is 46.9 Å². The SMILES string of the molecule is Cc1ccc(CCCBr)nc1C. The van der Waals surface area contributed by atoms with Crippen LogP contribution in [0.1, 0.15) is 23.4 Å². The second-order valence-corrected chi connectivity index (χ2v) is 3.79. The molecule has 1 aromatic rings. The summed E-state index contributed by atoms with van der Waals surface area (Å²) in [6, 6.07) is 4.26. The second kappa shape index (κ2) is 4.61. The van der Waals surface area contributed by atoms with Crippen LogP contribution in [0.2, 0.25) is 0 Å². The number of hydrogen-bond acceptors (Lipinski definition) is 1. The highest BCUT2D eigenvalue weighted by Crippen LogP contribution is 2.07. The Morgan fingerprint density at radius 3 is 2.67 bits per heavy atom. The topological polar surface area (TPSA) is 12.9 Å². The van der Waals surface area contributed by atoms with Gasteiger partial charge in [-0.05, 0) is 38.3 Å². The third kappa shape index (κ3) is 2.59. The van der Waals surface area contributed by atoms with Gasteiger partial charge in [0.2, 0.25) is 0 Å². The van der Waals surface area contributed by atoms with E-state index in [4.69, 9.17) is 0 Å². The first-order chi connectivity index (χ1) is 5.74. The number of rotatable bonds is 3. The van der Waals surface area contributed by atoms with Crippen molar-refractivity contribution < 1.29 is 0 Å². The van der Waals surface area contributed by atoms with E-state index >= 15 is 0 Å². The van der Waals surface area contributed by atoms with Gasteiger partial charge >= 0.3 is 0 Å². The van der Waals surface area contributed by atoms with Gasteiger partial charge in [0, 0.05) is 16.7 Å². The Kier molecular flexibility index (Phi) is 3.73. The number of aryl methyl sites for hydroxylation is 3. The maximum Gasteiger partial charge on any atom is 0.0407 e. The molecule has 0 bridgehead atoms. The summed E-state index contributed by atoms with van der Waals surface area (Å²) in [7, 11) is 0. The fourth-order valence-electron chi connectivity index (χ4n) is 1.07. The first-order valence-electron chi connectivity index (χ1n) is 4.23. The van der Waals surface area contributed by atoms with Crippen LogP contribution in [0.3, 0.4) is 0 Å². The summed E-state index contributed by atoms with van der Waals surface area (Å²) >= 11 is 3.41. The van der Waals surface area contributed by atoms with Gasteiger partial charge in [0.15, 0.2) is 0 Å². The minimum absolute atomic E-state index is 1.06. The predicted octanol–water partition coefficient (Wildman–Crippen LogP) is 3.03. The molecule has 0 aliphatic rings. The minimum Gasteiger partial charge on any atom is -0.258 e. The van der Waals surface area contributed by atoms with E-state index in [9.17, 15) is 0 Å². The molecule has 0 saturated carbocycles. The maximum atomic E-state index is 4.49. The molecule has 1 aromatic heterocycles. The highest BCUT2D eigenvalue weighted by molar-refractivity contribution is 9.09. The molecule has 66 valence electrons. The summed E-state index contributed by atoms with van der Waals surface area (Å²) in [6.45, 7) is 4.16. The lowest BCUT2D eigenvalue weighted by atomic mass is 10.1. The molecule has 0 aromatic carbocycles. The van der Waals surface area contributed by atoms with Gasteiger partial charge in [-0.15, -0.1) is 0 Å². The number of nitrogens with zero attached hydrogens (tertiary/aromatic N) is 1. The van der Waals surface area contributed by atoms with Crippen LogP contribution in [0.25, 0.3) is 0 Å². The van der Waals surface area contributed by atoms with Crippen molar-refractivity contribution in [1.29, 1.82) is 0 Å². The van der Waals surface area contributed by atoms with Crippen molar-refractivity contribution in [1.82, 2.24) is 4.98 Å². The van der Waals surface area contributed by atoms with Gasteiger partial charge in [-0.2, -0.15) is 0 Å². The number of halogens is 1. The smallest absolute Gasteiger partial charge is 0.0407 e. The zero-order valence-corrected chi connectivity index (χ0v) is 9.19. The highest BCUT2D eigenvalue weighted by atomic mass is 79.9. The molecule has 1 heterocycles. The maximum absolute atomic E-state index is 4.49. The largest absolute Gasteiger partial charge is 0.258 e. The highest BCUT2D eigenvalue weighted by Gasteiger charge is 1.96. The molecule has 0 spiro atoms. The van der Waals surface area contributed by atoms with Crippen molar-refractivity contribution >= 4 is 15.9 Å². The van der Waals surface area contributed by atoms with Crippen LogP contribution in [0, 0.1) is 13.8 Å². The van der Waals surface area contributed by atoms with Crippen LogP contribution < -0.4 is 0 Å². The second-order valence-electron chi connectivity index (χ2n) is 3.00. The van der Waals surface area contributed by atoms with Gasteiger partial charge in [0.05, 0.1) is 0 Å². The molecule has 0 N–H and O–H groups in total. The average molecular weight is 228 g/mol. The van der Waals surface area contributed by atoms with E-state index in [1.807, 2.05) is 0 Å². The average Bonchev–Trinajstić information content (AvgIpc) is 2.07. The lowest BCUT2D eigenvalue weighted by Gasteiger charge is -2.02. The summed E-state index contributed by atoms with van der Waals surface area (Å²) in [5.41, 5.74) is 3.64. The van der Waals surface area contributed by atoms with Crippen molar-refractivity contribution in [2.24, 2.45) is 0 Å². The van der Waals surface area contributed by atoms with E-state index in [0.29, 0.717) is 0 Å². The Balaban J connectivity index is 2.69. The zero-order valence-electron chi connectivity index (χ0n) is 7.60. The number of aromatic nitrogens is 1. The molecule has 0 unspecified atom stereocenters. The van der Waals surface area contributed by atoms with E-state index in [1.165, 1.54) is 11.3 Å². The molecule has 1 rings (SSSR count). The van der Waals surface area contributed by atoms with E-state index in [1.54, 1.807) is 0 Å². The molecule has 2 heteroatoms. The molecule has 0 saturated heterocycles. The Labute approximate surface area is 82.3 Å². The lowest BCUT2D eigenvalue weighted by molar-refractivity contribution is 0.883. The summed E-state index contributed by atoms with van der Waals surface area (Å²) in [4.78, 5) is 4.49. The van der Waals surface area contributed by atoms with Crippen LogP contribution in [0.5, 0.6) is 0 Å². The normalized spacial score (nSPS) is 10.2. The third-order valence-corrected chi connectivity index (χ3v) is 2.54. The Hall–Kier alpha value is -0.370. The molecule has 0 aliphatic heterocycles. The quantitative estimate of drug-likeness (QED) is 0.724. The summed E-state index contributed by atoms with van der Waals surface area (Å²) in [5.74, 6) is 0. The number of hydrogen-bond donors (Lipinski definition) is 0. The first-order valence-corrected chi connectivity index (χ1v) is 5.35. The van der Waals surface area contributed by atoms with Gasteiger partial charge in [-0.1, -0.05) is 22.0 Å². The molecule has 12 heavy (non-hydrogen) atoms. The van der Waals surface area contributed by atoms with Gasteiger partial charge in [0.25, 0.3) is 0 Å². The van der Waals surface area contributed by atoms with Crippen molar-refractivity contribution in [2.75, 3.05) is 5.33 Å². The number of pyridine rings is 1. The monoisotopic (exact) mass is 227 g/mol. The van der Waals surface area contributed by atoms with Gasteiger partial charge in [0.1, 0.15) is 0 Å². The van der Waals surface area contributed by atoms with E-state index < -0.39 is 0 Å². The Morgan fingerprint density at radius 1 is 1.33 bits per heavy atom. The van der Waals surface area contributed by atoms with Crippen LogP contribution in [0.15, 0.2) is 12.1 Å². The summed E-state index contributed by atoms with van der Waals surface area (Å²) in [5, 5.41) is 1.06. The molecule has 0 radical (unpaired) electrons. The van der Waals surface area contributed by atoms with Gasteiger partial charge in [-0.3, -0.25) is 4.98 Å². The fraction of sp³-hybridized carbons (Fsp3) is 0.500. The third-order valence-electron chi connectivity index (χ3n) is 1.97. The van der Waals surface area contributed by atoms with Crippen LogP contribution in [-0.4, -0.2) is 10.3 Å². The van der Waals surface area contributed by atoms with Crippen molar-refractivity contribution in [3.05, 3.63) is 29.1 Å². The van der Waals surface area contributed by atoms with Crippen molar-refractivity contribution in [3.8, 4) is 0 Å². The molecule has 0 atom stereocenters. The van der Waals surface area contributed by atoms with E-state index in [0.717, 1.165) is 23.9 Å². The summed E-state index contributed by atoms with van der Waals surface area (Å²) < 4.78 is 0. The van der Waals surface area contributed by atoms with E-state index in [-0.39, 0.29) is 0 Å². The zero-order chi connectivity index (χ0) is 8.97. The molecular weight excluding hydrogens is 214 g/mol. The Morgan fingerprint density at radius 2 is 2.08 bits per heavy atom.